The fourth-order valence-electron chi connectivity index (χ4n) is 4.14. The van der Waals surface area contributed by atoms with Gasteiger partial charge in [0.05, 0.1) is 31.2 Å². The van der Waals surface area contributed by atoms with Crippen LogP contribution in [0.4, 0.5) is 0 Å². The van der Waals surface area contributed by atoms with E-state index in [-0.39, 0.29) is 11.4 Å². The molecule has 1 aromatic heterocycles. The van der Waals surface area contributed by atoms with Gasteiger partial charge < -0.3 is 19.3 Å². The number of aryl methyl sites for hydroxylation is 1. The standard InChI is InChI=1S/C27H33N3O5/c1-3-16-34-24-8-6-5-7-22(24)20-9-11-21(12-10-20)30-26(25(27(31)32)23(4-2)28-30)35-19-15-29-13-17-33-18-14-29/h5-12H,3-4,13-19H2,1-2H3,(H,31,32). The van der Waals surface area contributed by atoms with Gasteiger partial charge in [0.15, 0.2) is 0 Å². The van der Waals surface area contributed by atoms with E-state index in [4.69, 9.17) is 14.2 Å². The van der Waals surface area contributed by atoms with Crippen molar-refractivity contribution in [3.05, 3.63) is 59.8 Å². The molecule has 1 saturated heterocycles. The number of benzene rings is 2. The van der Waals surface area contributed by atoms with E-state index >= 15 is 0 Å². The molecule has 1 N–H and O–H groups in total. The maximum absolute atomic E-state index is 12.1. The summed E-state index contributed by atoms with van der Waals surface area (Å²) in [5.74, 6) is 0.0740. The minimum Gasteiger partial charge on any atom is -0.493 e. The van der Waals surface area contributed by atoms with Crippen LogP contribution in [0.2, 0.25) is 0 Å². The van der Waals surface area contributed by atoms with Gasteiger partial charge >= 0.3 is 5.97 Å². The Kier molecular flexibility index (Phi) is 8.39. The van der Waals surface area contributed by atoms with Gasteiger partial charge in [0.2, 0.25) is 5.88 Å². The van der Waals surface area contributed by atoms with Crippen LogP contribution < -0.4 is 9.47 Å². The number of nitrogens with zero attached hydrogens (tertiary/aromatic N) is 3. The molecule has 35 heavy (non-hydrogen) atoms. The van der Waals surface area contributed by atoms with Crippen LogP contribution in [0.3, 0.4) is 0 Å². The number of carbonyl (C=O) groups is 1. The van der Waals surface area contributed by atoms with Crippen molar-refractivity contribution >= 4 is 5.97 Å². The molecule has 8 nitrogen and oxygen atoms in total. The van der Waals surface area contributed by atoms with Crippen molar-refractivity contribution in [2.45, 2.75) is 26.7 Å². The summed E-state index contributed by atoms with van der Waals surface area (Å²) in [5, 5.41) is 14.5. The summed E-state index contributed by atoms with van der Waals surface area (Å²) in [6, 6.07) is 15.8. The lowest BCUT2D eigenvalue weighted by molar-refractivity contribution is 0.0317. The molecule has 1 aliphatic rings. The molecule has 0 aliphatic carbocycles. The highest BCUT2D eigenvalue weighted by atomic mass is 16.5. The van der Waals surface area contributed by atoms with E-state index in [2.05, 4.69) is 16.9 Å². The van der Waals surface area contributed by atoms with Crippen molar-refractivity contribution in [3.8, 4) is 28.4 Å². The highest BCUT2D eigenvalue weighted by Gasteiger charge is 2.25. The summed E-state index contributed by atoms with van der Waals surface area (Å²) >= 11 is 0. The van der Waals surface area contributed by atoms with Crippen molar-refractivity contribution in [3.63, 3.8) is 0 Å². The largest absolute Gasteiger partial charge is 0.493 e. The van der Waals surface area contributed by atoms with Gasteiger partial charge in [0, 0.05) is 25.2 Å². The maximum Gasteiger partial charge on any atom is 0.343 e. The zero-order valence-corrected chi connectivity index (χ0v) is 20.4. The third-order valence-electron chi connectivity index (χ3n) is 5.99. The van der Waals surface area contributed by atoms with E-state index in [0.29, 0.717) is 45.1 Å². The molecular weight excluding hydrogens is 446 g/mol. The SMILES string of the molecule is CCCOc1ccccc1-c1ccc(-n2nc(CC)c(C(=O)O)c2OCCN2CCOCC2)cc1. The number of carboxylic acid groups (broad SMARTS) is 1. The molecule has 0 saturated carbocycles. The van der Waals surface area contributed by atoms with E-state index in [9.17, 15) is 9.90 Å². The van der Waals surface area contributed by atoms with E-state index in [1.807, 2.05) is 55.5 Å². The molecule has 3 aromatic rings. The molecule has 0 radical (unpaired) electrons. The second kappa shape index (κ2) is 11.9. The second-order valence-electron chi connectivity index (χ2n) is 8.39. The highest BCUT2D eigenvalue weighted by Crippen LogP contribution is 2.32. The number of aromatic carboxylic acids is 1. The Hall–Kier alpha value is -3.36. The molecule has 0 bridgehead atoms. The van der Waals surface area contributed by atoms with Gasteiger partial charge in [-0.2, -0.15) is 5.10 Å². The van der Waals surface area contributed by atoms with Crippen LogP contribution in [0.5, 0.6) is 11.6 Å². The molecule has 0 unspecified atom stereocenters. The first-order valence-electron chi connectivity index (χ1n) is 12.2. The second-order valence-corrected chi connectivity index (χ2v) is 8.39. The molecule has 2 aromatic carbocycles. The Balaban J connectivity index is 1.60. The molecule has 1 aliphatic heterocycles. The lowest BCUT2D eigenvalue weighted by atomic mass is 10.0. The third kappa shape index (κ3) is 5.83. The number of carboxylic acids is 1. The summed E-state index contributed by atoms with van der Waals surface area (Å²) in [5.41, 5.74) is 3.38. The van der Waals surface area contributed by atoms with Crippen LogP contribution >= 0.6 is 0 Å². The zero-order chi connectivity index (χ0) is 24.6. The molecular formula is C27H33N3O5. The van der Waals surface area contributed by atoms with Crippen LogP contribution in [-0.4, -0.2) is 71.8 Å². The van der Waals surface area contributed by atoms with Crippen molar-refractivity contribution in [1.29, 1.82) is 0 Å². The fourth-order valence-corrected chi connectivity index (χ4v) is 4.14. The third-order valence-corrected chi connectivity index (χ3v) is 5.99. The number of hydrogen-bond donors (Lipinski definition) is 1. The first kappa shape index (κ1) is 24.8. The molecule has 2 heterocycles. The average Bonchev–Trinajstić information content (AvgIpc) is 3.27. The lowest BCUT2D eigenvalue weighted by Crippen LogP contribution is -2.38. The predicted molar refractivity (Wildman–Crippen MR) is 134 cm³/mol. The predicted octanol–water partition coefficient (Wildman–Crippen LogP) is 4.30. The first-order valence-corrected chi connectivity index (χ1v) is 12.2. The van der Waals surface area contributed by atoms with Crippen LogP contribution in [0.25, 0.3) is 16.8 Å². The molecule has 0 spiro atoms. The van der Waals surface area contributed by atoms with E-state index in [1.54, 1.807) is 4.68 Å². The molecule has 1 fully saturated rings. The molecule has 0 amide bonds. The van der Waals surface area contributed by atoms with Gasteiger partial charge in [-0.15, -0.1) is 0 Å². The zero-order valence-electron chi connectivity index (χ0n) is 20.4. The van der Waals surface area contributed by atoms with Gasteiger partial charge in [0.1, 0.15) is 17.9 Å². The Labute approximate surface area is 206 Å². The van der Waals surface area contributed by atoms with Gasteiger partial charge in [-0.25, -0.2) is 9.48 Å². The summed E-state index contributed by atoms with van der Waals surface area (Å²) < 4.78 is 19.0. The number of hydrogen-bond acceptors (Lipinski definition) is 6. The molecule has 8 heteroatoms. The summed E-state index contributed by atoms with van der Waals surface area (Å²) in [4.78, 5) is 14.3. The normalized spacial score (nSPS) is 14.1. The Bertz CT molecular complexity index is 1120. The maximum atomic E-state index is 12.1. The minimum absolute atomic E-state index is 0.122. The van der Waals surface area contributed by atoms with Crippen LogP contribution in [0.15, 0.2) is 48.5 Å². The quantitative estimate of drug-likeness (QED) is 0.439. The summed E-state index contributed by atoms with van der Waals surface area (Å²) in [6.45, 7) is 8.81. The van der Waals surface area contributed by atoms with Crippen LogP contribution in [0.1, 0.15) is 36.3 Å². The molecule has 0 atom stereocenters. The van der Waals surface area contributed by atoms with Crippen molar-refractivity contribution in [2.24, 2.45) is 0 Å². The Morgan fingerprint density at radius 2 is 1.77 bits per heavy atom. The van der Waals surface area contributed by atoms with Crippen LogP contribution in [0, 0.1) is 0 Å². The van der Waals surface area contributed by atoms with Gasteiger partial charge in [-0.1, -0.05) is 44.2 Å². The number of aromatic nitrogens is 2. The highest BCUT2D eigenvalue weighted by molar-refractivity contribution is 5.92. The lowest BCUT2D eigenvalue weighted by Gasteiger charge is -2.26. The molecule has 4 rings (SSSR count). The number of ether oxygens (including phenoxy) is 3. The smallest absolute Gasteiger partial charge is 0.343 e. The Morgan fingerprint density at radius 1 is 1.03 bits per heavy atom. The fraction of sp³-hybridized carbons (Fsp3) is 0.407. The van der Waals surface area contributed by atoms with Crippen LogP contribution in [-0.2, 0) is 11.2 Å². The van der Waals surface area contributed by atoms with Crippen molar-refractivity contribution in [1.82, 2.24) is 14.7 Å². The first-order chi connectivity index (χ1) is 17.1. The van der Waals surface area contributed by atoms with E-state index in [1.165, 1.54) is 0 Å². The monoisotopic (exact) mass is 479 g/mol. The number of para-hydroxylation sites is 1. The molecule has 186 valence electrons. The Morgan fingerprint density at radius 3 is 2.46 bits per heavy atom. The topological polar surface area (TPSA) is 86.1 Å². The van der Waals surface area contributed by atoms with Gasteiger partial charge in [-0.05, 0) is 36.6 Å². The summed E-state index contributed by atoms with van der Waals surface area (Å²) in [6.07, 6.45) is 1.43. The van der Waals surface area contributed by atoms with E-state index < -0.39 is 5.97 Å². The number of morpholine rings is 1. The number of rotatable bonds is 11. The van der Waals surface area contributed by atoms with Gasteiger partial charge in [0.25, 0.3) is 0 Å². The summed E-state index contributed by atoms with van der Waals surface area (Å²) in [7, 11) is 0. The average molecular weight is 480 g/mol. The van der Waals surface area contributed by atoms with Gasteiger partial charge in [-0.3, -0.25) is 4.90 Å². The van der Waals surface area contributed by atoms with E-state index in [0.717, 1.165) is 42.1 Å². The van der Waals surface area contributed by atoms with Crippen molar-refractivity contribution < 1.29 is 24.1 Å². The van der Waals surface area contributed by atoms with Crippen molar-refractivity contribution in [2.75, 3.05) is 46.1 Å². The minimum atomic E-state index is -1.03.